The van der Waals surface area contributed by atoms with E-state index in [9.17, 15) is 0 Å². The van der Waals surface area contributed by atoms with Crippen LogP contribution in [0.15, 0.2) is 0 Å². The molecule has 0 aromatic carbocycles. The number of nitrogens with zero attached hydrogens (tertiary/aromatic N) is 1. The van der Waals surface area contributed by atoms with E-state index in [1.54, 1.807) is 0 Å². The third kappa shape index (κ3) is 6.91. The molecule has 92 valence electrons. The highest BCUT2D eigenvalue weighted by molar-refractivity contribution is 4.67. The fraction of sp³-hybridized carbons (Fsp3) is 1.00. The molecule has 0 radical (unpaired) electrons. The minimum atomic E-state index is 0.659. The lowest BCUT2D eigenvalue weighted by atomic mass is 10.0. The van der Waals surface area contributed by atoms with Crippen molar-refractivity contribution in [2.45, 2.75) is 53.5 Å². The zero-order valence-corrected chi connectivity index (χ0v) is 11.3. The lowest BCUT2D eigenvalue weighted by Gasteiger charge is -2.22. The predicted octanol–water partition coefficient (Wildman–Crippen LogP) is 2.74. The van der Waals surface area contributed by atoms with Crippen LogP contribution in [-0.2, 0) is 0 Å². The quantitative estimate of drug-likeness (QED) is 0.594. The molecule has 0 amide bonds. The fourth-order valence-electron chi connectivity index (χ4n) is 1.73. The summed E-state index contributed by atoms with van der Waals surface area (Å²) in [6.07, 6.45) is 2.53. The van der Waals surface area contributed by atoms with E-state index in [-0.39, 0.29) is 0 Å². The number of hydrogen-bond donors (Lipinski definition) is 1. The van der Waals surface area contributed by atoms with Gasteiger partial charge in [0.25, 0.3) is 0 Å². The van der Waals surface area contributed by atoms with E-state index in [1.807, 2.05) is 0 Å². The molecular formula is C13H30N2. The SMILES string of the molecule is CCC(C)C(C)NCCCN(CC)CC. The lowest BCUT2D eigenvalue weighted by molar-refractivity contribution is 0.291. The molecule has 0 aliphatic rings. The predicted molar refractivity (Wildman–Crippen MR) is 69.3 cm³/mol. The second-order valence-electron chi connectivity index (χ2n) is 4.51. The van der Waals surface area contributed by atoms with E-state index < -0.39 is 0 Å². The van der Waals surface area contributed by atoms with E-state index in [0.29, 0.717) is 6.04 Å². The number of rotatable bonds is 9. The molecule has 2 heteroatoms. The summed E-state index contributed by atoms with van der Waals surface area (Å²) in [4.78, 5) is 2.48. The minimum Gasteiger partial charge on any atom is -0.314 e. The van der Waals surface area contributed by atoms with Crippen LogP contribution in [0.25, 0.3) is 0 Å². The summed E-state index contributed by atoms with van der Waals surface area (Å²) in [7, 11) is 0. The van der Waals surface area contributed by atoms with Crippen LogP contribution in [0.4, 0.5) is 0 Å². The molecule has 0 saturated heterocycles. The average Bonchev–Trinajstić information content (AvgIpc) is 2.27. The first-order chi connectivity index (χ1) is 7.15. The number of nitrogens with one attached hydrogen (secondary N) is 1. The molecule has 0 rings (SSSR count). The van der Waals surface area contributed by atoms with Crippen LogP contribution in [0.1, 0.15) is 47.5 Å². The fourth-order valence-corrected chi connectivity index (χ4v) is 1.73. The van der Waals surface area contributed by atoms with Gasteiger partial charge in [-0.25, -0.2) is 0 Å². The van der Waals surface area contributed by atoms with E-state index in [4.69, 9.17) is 0 Å². The lowest BCUT2D eigenvalue weighted by Crippen LogP contribution is -2.34. The van der Waals surface area contributed by atoms with Crippen molar-refractivity contribution in [1.29, 1.82) is 0 Å². The van der Waals surface area contributed by atoms with Gasteiger partial charge in [-0.1, -0.05) is 34.1 Å². The molecule has 0 aromatic heterocycles. The Labute approximate surface area is 96.4 Å². The molecule has 0 spiro atoms. The van der Waals surface area contributed by atoms with Gasteiger partial charge in [-0.2, -0.15) is 0 Å². The van der Waals surface area contributed by atoms with Crippen molar-refractivity contribution in [1.82, 2.24) is 10.2 Å². The van der Waals surface area contributed by atoms with Crippen molar-refractivity contribution in [3.8, 4) is 0 Å². The minimum absolute atomic E-state index is 0.659. The van der Waals surface area contributed by atoms with E-state index in [0.717, 1.165) is 12.5 Å². The maximum atomic E-state index is 3.61. The second kappa shape index (κ2) is 9.17. The van der Waals surface area contributed by atoms with Crippen molar-refractivity contribution in [2.75, 3.05) is 26.2 Å². The Morgan fingerprint density at radius 3 is 2.13 bits per heavy atom. The Kier molecular flexibility index (Phi) is 9.12. The van der Waals surface area contributed by atoms with E-state index in [2.05, 4.69) is 44.8 Å². The molecule has 0 aliphatic carbocycles. The standard InChI is InChI=1S/C13H30N2/c1-6-12(4)13(5)14-10-9-11-15(7-2)8-3/h12-14H,6-11H2,1-5H3. The highest BCUT2D eigenvalue weighted by atomic mass is 15.1. The molecule has 0 aromatic rings. The Bertz CT molecular complexity index is 132. The van der Waals surface area contributed by atoms with Crippen molar-refractivity contribution >= 4 is 0 Å². The molecule has 0 aliphatic heterocycles. The first-order valence-electron chi connectivity index (χ1n) is 6.61. The zero-order chi connectivity index (χ0) is 11.7. The van der Waals surface area contributed by atoms with Gasteiger partial charge >= 0.3 is 0 Å². The van der Waals surface area contributed by atoms with Crippen LogP contribution >= 0.6 is 0 Å². The molecule has 2 nitrogen and oxygen atoms in total. The molecule has 0 saturated carbocycles. The topological polar surface area (TPSA) is 15.3 Å². The van der Waals surface area contributed by atoms with E-state index in [1.165, 1.54) is 32.5 Å². The van der Waals surface area contributed by atoms with Crippen LogP contribution in [-0.4, -0.2) is 37.1 Å². The van der Waals surface area contributed by atoms with Crippen LogP contribution in [0.2, 0.25) is 0 Å². The highest BCUT2D eigenvalue weighted by Crippen LogP contribution is 2.06. The van der Waals surface area contributed by atoms with Gasteiger partial charge in [-0.05, 0) is 45.4 Å². The third-order valence-electron chi connectivity index (χ3n) is 3.51. The summed E-state index contributed by atoms with van der Waals surface area (Å²) < 4.78 is 0. The highest BCUT2D eigenvalue weighted by Gasteiger charge is 2.08. The molecule has 0 bridgehead atoms. The Morgan fingerprint density at radius 1 is 1.07 bits per heavy atom. The van der Waals surface area contributed by atoms with Gasteiger partial charge in [-0.3, -0.25) is 0 Å². The van der Waals surface area contributed by atoms with Gasteiger partial charge in [0.15, 0.2) is 0 Å². The van der Waals surface area contributed by atoms with Crippen LogP contribution in [0.3, 0.4) is 0 Å². The van der Waals surface area contributed by atoms with Crippen molar-refractivity contribution in [2.24, 2.45) is 5.92 Å². The van der Waals surface area contributed by atoms with Crippen LogP contribution < -0.4 is 5.32 Å². The van der Waals surface area contributed by atoms with Gasteiger partial charge in [0, 0.05) is 6.04 Å². The smallest absolute Gasteiger partial charge is 0.00642 e. The molecule has 2 unspecified atom stereocenters. The molecule has 2 atom stereocenters. The Morgan fingerprint density at radius 2 is 1.67 bits per heavy atom. The van der Waals surface area contributed by atoms with Crippen molar-refractivity contribution in [3.05, 3.63) is 0 Å². The van der Waals surface area contributed by atoms with Crippen molar-refractivity contribution < 1.29 is 0 Å². The molecular weight excluding hydrogens is 184 g/mol. The van der Waals surface area contributed by atoms with Gasteiger partial charge in [0.05, 0.1) is 0 Å². The monoisotopic (exact) mass is 214 g/mol. The van der Waals surface area contributed by atoms with Gasteiger partial charge in [0.2, 0.25) is 0 Å². The van der Waals surface area contributed by atoms with Gasteiger partial charge in [0.1, 0.15) is 0 Å². The van der Waals surface area contributed by atoms with E-state index >= 15 is 0 Å². The largest absolute Gasteiger partial charge is 0.314 e. The van der Waals surface area contributed by atoms with Crippen molar-refractivity contribution in [3.63, 3.8) is 0 Å². The summed E-state index contributed by atoms with van der Waals surface area (Å²) in [5.74, 6) is 0.790. The summed E-state index contributed by atoms with van der Waals surface area (Å²) in [5, 5.41) is 3.61. The van der Waals surface area contributed by atoms with Gasteiger partial charge < -0.3 is 10.2 Å². The average molecular weight is 214 g/mol. The van der Waals surface area contributed by atoms with Crippen LogP contribution in [0, 0.1) is 5.92 Å². The van der Waals surface area contributed by atoms with Crippen LogP contribution in [0.5, 0.6) is 0 Å². The summed E-state index contributed by atoms with van der Waals surface area (Å²) in [6, 6.07) is 0.659. The first-order valence-corrected chi connectivity index (χ1v) is 6.61. The maximum Gasteiger partial charge on any atom is 0.00642 e. The molecule has 15 heavy (non-hydrogen) atoms. The first kappa shape index (κ1) is 14.9. The summed E-state index contributed by atoms with van der Waals surface area (Å²) in [5.41, 5.74) is 0. The normalized spacial score (nSPS) is 15.6. The maximum absolute atomic E-state index is 3.61. The molecule has 0 fully saturated rings. The zero-order valence-electron chi connectivity index (χ0n) is 11.3. The summed E-state index contributed by atoms with van der Waals surface area (Å²) in [6.45, 7) is 16.1. The number of hydrogen-bond acceptors (Lipinski definition) is 2. The Balaban J connectivity index is 3.45. The second-order valence-corrected chi connectivity index (χ2v) is 4.51. The summed E-state index contributed by atoms with van der Waals surface area (Å²) >= 11 is 0. The van der Waals surface area contributed by atoms with Gasteiger partial charge in [-0.15, -0.1) is 0 Å². The molecule has 1 N–H and O–H groups in total. The Hall–Kier alpha value is -0.0800. The third-order valence-corrected chi connectivity index (χ3v) is 3.51. The molecule has 0 heterocycles.